The van der Waals surface area contributed by atoms with Gasteiger partial charge in [0.05, 0.1) is 5.60 Å². The van der Waals surface area contributed by atoms with Crippen molar-refractivity contribution in [2.45, 2.75) is 44.9 Å². The van der Waals surface area contributed by atoms with E-state index in [1.165, 1.54) is 5.56 Å². The lowest BCUT2D eigenvalue weighted by atomic mass is 9.94. The summed E-state index contributed by atoms with van der Waals surface area (Å²) in [6.45, 7) is 6.03. The summed E-state index contributed by atoms with van der Waals surface area (Å²) < 4.78 is 6.74. The molecule has 17 heavy (non-hydrogen) atoms. The molecule has 0 aromatic carbocycles. The van der Waals surface area contributed by atoms with E-state index in [4.69, 9.17) is 4.74 Å². The van der Waals surface area contributed by atoms with Crippen molar-refractivity contribution in [3.05, 3.63) is 28.5 Å². The van der Waals surface area contributed by atoms with E-state index in [1.54, 1.807) is 6.20 Å². The molecule has 94 valence electrons. The summed E-state index contributed by atoms with van der Waals surface area (Å²) in [5, 5.41) is 3.58. The van der Waals surface area contributed by atoms with Crippen molar-refractivity contribution in [2.75, 3.05) is 6.61 Å². The van der Waals surface area contributed by atoms with Crippen molar-refractivity contribution in [3.8, 4) is 0 Å². The average Bonchev–Trinajstić information content (AvgIpc) is 2.25. The Morgan fingerprint density at radius 2 is 2.35 bits per heavy atom. The van der Waals surface area contributed by atoms with E-state index in [1.807, 2.05) is 6.20 Å². The molecule has 3 nitrogen and oxygen atoms in total. The number of pyridine rings is 1. The zero-order valence-electron chi connectivity index (χ0n) is 10.4. The Hall–Kier alpha value is -0.450. The second-order valence-electron chi connectivity index (χ2n) is 5.19. The highest BCUT2D eigenvalue weighted by atomic mass is 79.9. The molecule has 1 saturated heterocycles. The maximum Gasteiger partial charge on any atom is 0.0641 e. The predicted molar refractivity (Wildman–Crippen MR) is 71.8 cm³/mol. The Morgan fingerprint density at radius 3 is 3.06 bits per heavy atom. The van der Waals surface area contributed by atoms with E-state index in [9.17, 15) is 0 Å². The summed E-state index contributed by atoms with van der Waals surface area (Å²) in [5.74, 6) is 0. The number of ether oxygens (including phenoxy) is 1. The molecule has 1 fully saturated rings. The third kappa shape index (κ3) is 4.05. The van der Waals surface area contributed by atoms with Crippen LogP contribution in [0.25, 0.3) is 0 Å². The first-order valence-electron chi connectivity index (χ1n) is 6.02. The van der Waals surface area contributed by atoms with Crippen LogP contribution in [-0.2, 0) is 11.3 Å². The van der Waals surface area contributed by atoms with Crippen molar-refractivity contribution in [1.82, 2.24) is 10.3 Å². The second-order valence-corrected chi connectivity index (χ2v) is 6.11. The topological polar surface area (TPSA) is 34.2 Å². The van der Waals surface area contributed by atoms with Crippen LogP contribution in [0.15, 0.2) is 22.9 Å². The number of halogens is 1. The van der Waals surface area contributed by atoms with Crippen molar-refractivity contribution >= 4 is 15.9 Å². The molecule has 2 rings (SSSR count). The molecule has 1 aromatic rings. The normalized spacial score (nSPS) is 23.6. The molecule has 0 bridgehead atoms. The fourth-order valence-corrected chi connectivity index (χ4v) is 2.63. The molecule has 1 atom stereocenters. The average molecular weight is 299 g/mol. The van der Waals surface area contributed by atoms with Crippen LogP contribution in [-0.4, -0.2) is 23.2 Å². The zero-order valence-corrected chi connectivity index (χ0v) is 12.0. The van der Waals surface area contributed by atoms with Crippen LogP contribution < -0.4 is 5.32 Å². The summed E-state index contributed by atoms with van der Waals surface area (Å²) in [6, 6.07) is 2.64. The molecule has 0 aliphatic carbocycles. The second kappa shape index (κ2) is 5.46. The van der Waals surface area contributed by atoms with Gasteiger partial charge in [-0.15, -0.1) is 0 Å². The van der Waals surface area contributed by atoms with Gasteiger partial charge in [0.1, 0.15) is 0 Å². The molecule has 0 spiro atoms. The van der Waals surface area contributed by atoms with E-state index < -0.39 is 0 Å². The third-order valence-electron chi connectivity index (χ3n) is 3.05. The number of nitrogens with one attached hydrogen (secondary N) is 1. The lowest BCUT2D eigenvalue weighted by Crippen LogP contribution is -2.43. The third-order valence-corrected chi connectivity index (χ3v) is 3.49. The van der Waals surface area contributed by atoms with E-state index in [0.29, 0.717) is 6.04 Å². The molecule has 0 amide bonds. The van der Waals surface area contributed by atoms with E-state index in [-0.39, 0.29) is 5.60 Å². The molecule has 1 unspecified atom stereocenters. The molecule has 2 heterocycles. The standard InChI is InChI=1S/C13H19BrN2O/c1-13(2)6-12(3-4-17-13)16-8-10-5-11(14)9-15-7-10/h5,7,9,12,16H,3-4,6,8H2,1-2H3. The lowest BCUT2D eigenvalue weighted by Gasteiger charge is -2.36. The van der Waals surface area contributed by atoms with Crippen LogP contribution in [0.5, 0.6) is 0 Å². The molecular weight excluding hydrogens is 280 g/mol. The highest BCUT2D eigenvalue weighted by Crippen LogP contribution is 2.24. The Balaban J connectivity index is 1.86. The number of aromatic nitrogens is 1. The largest absolute Gasteiger partial charge is 0.375 e. The van der Waals surface area contributed by atoms with Crippen LogP contribution in [0.3, 0.4) is 0 Å². The summed E-state index contributed by atoms with van der Waals surface area (Å²) in [5.41, 5.74) is 1.22. The van der Waals surface area contributed by atoms with Crippen LogP contribution in [0, 0.1) is 0 Å². The number of nitrogens with zero attached hydrogens (tertiary/aromatic N) is 1. The summed E-state index contributed by atoms with van der Waals surface area (Å²) in [6.07, 6.45) is 5.86. The molecule has 1 aliphatic rings. The summed E-state index contributed by atoms with van der Waals surface area (Å²) >= 11 is 3.44. The maximum absolute atomic E-state index is 5.71. The molecule has 1 aromatic heterocycles. The van der Waals surface area contributed by atoms with E-state index >= 15 is 0 Å². The number of hydrogen-bond acceptors (Lipinski definition) is 3. The molecule has 4 heteroatoms. The highest BCUT2D eigenvalue weighted by Gasteiger charge is 2.28. The number of hydrogen-bond donors (Lipinski definition) is 1. The van der Waals surface area contributed by atoms with Gasteiger partial charge in [0.15, 0.2) is 0 Å². The van der Waals surface area contributed by atoms with Crippen LogP contribution in [0.1, 0.15) is 32.3 Å². The first kappa shape index (κ1) is 13.0. The molecule has 0 saturated carbocycles. The quantitative estimate of drug-likeness (QED) is 0.932. The molecule has 0 radical (unpaired) electrons. The van der Waals surface area contributed by atoms with Crippen molar-refractivity contribution < 1.29 is 4.74 Å². The van der Waals surface area contributed by atoms with Crippen molar-refractivity contribution in [3.63, 3.8) is 0 Å². The Morgan fingerprint density at radius 1 is 1.53 bits per heavy atom. The minimum absolute atomic E-state index is 0.00539. The van der Waals surface area contributed by atoms with Gasteiger partial charge in [0, 0.05) is 36.1 Å². The lowest BCUT2D eigenvalue weighted by molar-refractivity contribution is -0.0630. The smallest absolute Gasteiger partial charge is 0.0641 e. The van der Waals surface area contributed by atoms with E-state index in [0.717, 1.165) is 30.5 Å². The Labute approximate surface area is 111 Å². The molecule has 1 aliphatic heterocycles. The number of rotatable bonds is 3. The van der Waals surface area contributed by atoms with Gasteiger partial charge in [-0.05, 0) is 54.2 Å². The van der Waals surface area contributed by atoms with Crippen LogP contribution in [0.4, 0.5) is 0 Å². The SMILES string of the molecule is CC1(C)CC(NCc2cncc(Br)c2)CCO1. The van der Waals surface area contributed by atoms with Crippen LogP contribution in [0.2, 0.25) is 0 Å². The van der Waals surface area contributed by atoms with Gasteiger partial charge >= 0.3 is 0 Å². The first-order chi connectivity index (χ1) is 8.05. The monoisotopic (exact) mass is 298 g/mol. The highest BCUT2D eigenvalue weighted by molar-refractivity contribution is 9.10. The van der Waals surface area contributed by atoms with Gasteiger partial charge in [-0.25, -0.2) is 0 Å². The van der Waals surface area contributed by atoms with Crippen molar-refractivity contribution in [1.29, 1.82) is 0 Å². The van der Waals surface area contributed by atoms with Gasteiger partial charge in [-0.2, -0.15) is 0 Å². The molecule has 1 N–H and O–H groups in total. The van der Waals surface area contributed by atoms with Crippen LogP contribution >= 0.6 is 15.9 Å². The van der Waals surface area contributed by atoms with E-state index in [2.05, 4.69) is 46.1 Å². The Bertz CT molecular complexity index is 381. The van der Waals surface area contributed by atoms with Gasteiger partial charge in [0.25, 0.3) is 0 Å². The van der Waals surface area contributed by atoms with Gasteiger partial charge in [0.2, 0.25) is 0 Å². The molecular formula is C13H19BrN2O. The van der Waals surface area contributed by atoms with Gasteiger partial charge in [-0.3, -0.25) is 4.98 Å². The minimum atomic E-state index is 0.00539. The fraction of sp³-hybridized carbons (Fsp3) is 0.615. The summed E-state index contributed by atoms with van der Waals surface area (Å²) in [4.78, 5) is 4.16. The summed E-state index contributed by atoms with van der Waals surface area (Å²) in [7, 11) is 0. The van der Waals surface area contributed by atoms with Crippen molar-refractivity contribution in [2.24, 2.45) is 0 Å². The first-order valence-corrected chi connectivity index (χ1v) is 6.81. The zero-order chi connectivity index (χ0) is 12.3. The predicted octanol–water partition coefficient (Wildman–Crippen LogP) is 2.89. The van der Waals surface area contributed by atoms with Gasteiger partial charge < -0.3 is 10.1 Å². The maximum atomic E-state index is 5.71. The minimum Gasteiger partial charge on any atom is -0.375 e. The van der Waals surface area contributed by atoms with Gasteiger partial charge in [-0.1, -0.05) is 0 Å². The fourth-order valence-electron chi connectivity index (χ4n) is 2.22. The Kier molecular flexibility index (Phi) is 4.17.